The second-order valence-corrected chi connectivity index (χ2v) is 7.49. The van der Waals surface area contributed by atoms with Crippen molar-refractivity contribution in [3.63, 3.8) is 0 Å². The van der Waals surface area contributed by atoms with Crippen LogP contribution in [0, 0.1) is 0 Å². The summed E-state index contributed by atoms with van der Waals surface area (Å²) in [6.45, 7) is 6.99. The molecule has 1 amide bonds. The number of benzene rings is 1. The van der Waals surface area contributed by atoms with Gasteiger partial charge in [0.2, 0.25) is 0 Å². The molecule has 0 radical (unpaired) electrons. The standard InChI is InChI=1S/C18H24N2O3/c1-18(2,3)12-4-5-15-11(6-12)7-16(19-15)17(23)20-9-13(21)8-14(22)10-20/h4-7,13-14,19,21-22H,8-10H2,1-3H3/t13-,14+. The fraction of sp³-hybridized carbons (Fsp3) is 0.500. The van der Waals surface area contributed by atoms with Crippen molar-refractivity contribution in [1.82, 2.24) is 9.88 Å². The third kappa shape index (κ3) is 3.26. The number of likely N-dealkylation sites (tertiary alicyclic amines) is 1. The van der Waals surface area contributed by atoms with E-state index in [0.717, 1.165) is 10.9 Å². The Balaban J connectivity index is 1.89. The number of aromatic amines is 1. The molecule has 2 atom stereocenters. The minimum atomic E-state index is -0.667. The van der Waals surface area contributed by atoms with Gasteiger partial charge >= 0.3 is 0 Å². The van der Waals surface area contributed by atoms with Crippen LogP contribution >= 0.6 is 0 Å². The largest absolute Gasteiger partial charge is 0.391 e. The van der Waals surface area contributed by atoms with Crippen molar-refractivity contribution >= 4 is 16.8 Å². The zero-order valence-electron chi connectivity index (χ0n) is 13.8. The van der Waals surface area contributed by atoms with Crippen LogP contribution in [0.4, 0.5) is 0 Å². The van der Waals surface area contributed by atoms with Crippen LogP contribution in [0.5, 0.6) is 0 Å². The summed E-state index contributed by atoms with van der Waals surface area (Å²) in [6.07, 6.45) is -1.01. The van der Waals surface area contributed by atoms with Crippen molar-refractivity contribution in [3.8, 4) is 0 Å². The number of aromatic nitrogens is 1. The molecule has 0 aliphatic carbocycles. The van der Waals surface area contributed by atoms with Gasteiger partial charge < -0.3 is 20.1 Å². The topological polar surface area (TPSA) is 76.6 Å². The Morgan fingerprint density at radius 3 is 2.43 bits per heavy atom. The monoisotopic (exact) mass is 316 g/mol. The minimum absolute atomic E-state index is 0.0523. The summed E-state index contributed by atoms with van der Waals surface area (Å²) in [7, 11) is 0. The number of hydrogen-bond donors (Lipinski definition) is 3. The van der Waals surface area contributed by atoms with Gasteiger partial charge in [-0.15, -0.1) is 0 Å². The lowest BCUT2D eigenvalue weighted by atomic mass is 9.86. The van der Waals surface area contributed by atoms with Crippen LogP contribution in [-0.2, 0) is 5.41 Å². The molecule has 1 aromatic heterocycles. The van der Waals surface area contributed by atoms with Crippen LogP contribution in [0.1, 0.15) is 43.2 Å². The predicted octanol–water partition coefficient (Wildman–Crippen LogP) is 2.03. The number of piperidine rings is 1. The lowest BCUT2D eigenvalue weighted by Gasteiger charge is -2.33. The van der Waals surface area contributed by atoms with Gasteiger partial charge in [-0.1, -0.05) is 26.8 Å². The average Bonchev–Trinajstić information content (AvgIpc) is 2.87. The van der Waals surface area contributed by atoms with Crippen LogP contribution in [0.2, 0.25) is 0 Å². The number of hydrogen-bond acceptors (Lipinski definition) is 3. The first-order valence-electron chi connectivity index (χ1n) is 8.02. The van der Waals surface area contributed by atoms with Gasteiger partial charge in [-0.05, 0) is 29.2 Å². The van der Waals surface area contributed by atoms with Gasteiger partial charge in [-0.3, -0.25) is 4.79 Å². The van der Waals surface area contributed by atoms with E-state index in [2.05, 4.69) is 37.9 Å². The van der Waals surface area contributed by atoms with E-state index in [9.17, 15) is 15.0 Å². The second kappa shape index (κ2) is 5.65. The summed E-state index contributed by atoms with van der Waals surface area (Å²) < 4.78 is 0. The Bertz CT molecular complexity index is 719. The minimum Gasteiger partial charge on any atom is -0.391 e. The van der Waals surface area contributed by atoms with Crippen molar-refractivity contribution in [1.29, 1.82) is 0 Å². The van der Waals surface area contributed by atoms with Gasteiger partial charge in [0.1, 0.15) is 5.69 Å². The third-order valence-electron chi connectivity index (χ3n) is 4.41. The molecule has 5 nitrogen and oxygen atoms in total. The molecule has 0 spiro atoms. The molecule has 2 heterocycles. The van der Waals surface area contributed by atoms with Gasteiger partial charge in [0.05, 0.1) is 12.2 Å². The highest BCUT2D eigenvalue weighted by atomic mass is 16.3. The maximum atomic E-state index is 12.6. The molecule has 2 aromatic rings. The number of aliphatic hydroxyl groups excluding tert-OH is 2. The van der Waals surface area contributed by atoms with Crippen LogP contribution in [-0.4, -0.2) is 51.3 Å². The molecule has 1 aromatic carbocycles. The van der Waals surface area contributed by atoms with Crippen LogP contribution in [0.15, 0.2) is 24.3 Å². The first kappa shape index (κ1) is 16.0. The number of fused-ring (bicyclic) bond motifs is 1. The van der Waals surface area contributed by atoms with Crippen molar-refractivity contribution in [2.75, 3.05) is 13.1 Å². The number of nitrogens with zero attached hydrogens (tertiary/aromatic N) is 1. The fourth-order valence-electron chi connectivity index (χ4n) is 3.10. The first-order chi connectivity index (χ1) is 10.7. The zero-order valence-corrected chi connectivity index (χ0v) is 13.8. The molecule has 0 bridgehead atoms. The number of H-pyrrole nitrogens is 1. The average molecular weight is 316 g/mol. The van der Waals surface area contributed by atoms with E-state index < -0.39 is 12.2 Å². The van der Waals surface area contributed by atoms with Crippen LogP contribution in [0.3, 0.4) is 0 Å². The summed E-state index contributed by atoms with van der Waals surface area (Å²) in [5, 5.41) is 20.5. The highest BCUT2D eigenvalue weighted by Gasteiger charge is 2.29. The number of carbonyl (C=O) groups excluding carboxylic acids is 1. The number of β-amino-alcohol motifs (C(OH)–C–C–N with tert-alkyl or cyclic N) is 2. The Hall–Kier alpha value is -1.85. The molecule has 23 heavy (non-hydrogen) atoms. The number of aliphatic hydroxyl groups is 2. The van der Waals surface area contributed by atoms with E-state index in [1.165, 1.54) is 10.5 Å². The summed E-state index contributed by atoms with van der Waals surface area (Å²) in [5.74, 6) is -0.184. The lowest BCUT2D eigenvalue weighted by molar-refractivity contribution is -0.00404. The van der Waals surface area contributed by atoms with Crippen molar-refractivity contribution in [3.05, 3.63) is 35.5 Å². The van der Waals surface area contributed by atoms with Gasteiger partial charge in [-0.2, -0.15) is 0 Å². The summed E-state index contributed by atoms with van der Waals surface area (Å²) in [5.41, 5.74) is 2.68. The Morgan fingerprint density at radius 2 is 1.83 bits per heavy atom. The molecule has 1 fully saturated rings. The maximum Gasteiger partial charge on any atom is 0.270 e. The van der Waals surface area contributed by atoms with E-state index in [1.807, 2.05) is 12.1 Å². The van der Waals surface area contributed by atoms with Crippen LogP contribution in [0.25, 0.3) is 10.9 Å². The lowest BCUT2D eigenvalue weighted by Crippen LogP contribution is -2.48. The summed E-state index contributed by atoms with van der Waals surface area (Å²) >= 11 is 0. The molecule has 3 N–H and O–H groups in total. The first-order valence-corrected chi connectivity index (χ1v) is 8.02. The number of carbonyl (C=O) groups is 1. The zero-order chi connectivity index (χ0) is 16.8. The van der Waals surface area contributed by atoms with E-state index in [4.69, 9.17) is 0 Å². The van der Waals surface area contributed by atoms with E-state index in [-0.39, 0.29) is 24.4 Å². The quantitative estimate of drug-likeness (QED) is 0.753. The summed E-state index contributed by atoms with van der Waals surface area (Å²) in [4.78, 5) is 17.3. The van der Waals surface area contributed by atoms with E-state index in [0.29, 0.717) is 12.1 Å². The molecular formula is C18H24N2O3. The molecule has 5 heteroatoms. The highest BCUT2D eigenvalue weighted by molar-refractivity contribution is 5.98. The maximum absolute atomic E-state index is 12.6. The Morgan fingerprint density at radius 1 is 1.17 bits per heavy atom. The molecule has 1 aliphatic rings. The Kier molecular flexibility index (Phi) is 3.94. The molecule has 124 valence electrons. The van der Waals surface area contributed by atoms with Gasteiger partial charge in [0, 0.05) is 30.4 Å². The summed E-state index contributed by atoms with van der Waals surface area (Å²) in [6, 6.07) is 8.01. The SMILES string of the molecule is CC(C)(C)c1ccc2[nH]c(C(=O)N3C[C@H](O)C[C@H](O)C3)cc2c1. The van der Waals surface area contributed by atoms with Gasteiger partial charge in [-0.25, -0.2) is 0 Å². The van der Waals surface area contributed by atoms with E-state index >= 15 is 0 Å². The van der Waals surface area contributed by atoms with E-state index in [1.54, 1.807) is 0 Å². The Labute approximate surface area is 135 Å². The molecule has 1 saturated heterocycles. The number of amides is 1. The van der Waals surface area contributed by atoms with Gasteiger partial charge in [0.15, 0.2) is 0 Å². The smallest absolute Gasteiger partial charge is 0.270 e. The molecule has 3 rings (SSSR count). The fourth-order valence-corrected chi connectivity index (χ4v) is 3.10. The van der Waals surface area contributed by atoms with Crippen LogP contribution < -0.4 is 0 Å². The predicted molar refractivity (Wildman–Crippen MR) is 89.5 cm³/mol. The van der Waals surface area contributed by atoms with Crippen molar-refractivity contribution in [2.45, 2.75) is 44.8 Å². The van der Waals surface area contributed by atoms with Crippen molar-refractivity contribution < 1.29 is 15.0 Å². The third-order valence-corrected chi connectivity index (χ3v) is 4.41. The molecular weight excluding hydrogens is 292 g/mol. The van der Waals surface area contributed by atoms with Crippen molar-refractivity contribution in [2.24, 2.45) is 0 Å². The molecule has 0 unspecified atom stereocenters. The molecule has 0 saturated carbocycles. The highest BCUT2D eigenvalue weighted by Crippen LogP contribution is 2.27. The second-order valence-electron chi connectivity index (χ2n) is 7.49. The number of rotatable bonds is 1. The van der Waals surface area contributed by atoms with Gasteiger partial charge in [0.25, 0.3) is 5.91 Å². The molecule has 1 aliphatic heterocycles. The normalized spacial score (nSPS) is 22.6. The number of nitrogens with one attached hydrogen (secondary N) is 1.